The molecule has 1 aromatic carbocycles. The normalized spacial score (nSPS) is 16.9. The first kappa shape index (κ1) is 11.3. The molecule has 0 spiro atoms. The Morgan fingerprint density at radius 3 is 2.07 bits per heavy atom. The minimum atomic E-state index is 0.420. The largest absolute Gasteiger partial charge is 0.369 e. The first-order valence-corrected chi connectivity index (χ1v) is 5.84. The van der Waals surface area contributed by atoms with Crippen LogP contribution >= 0.6 is 34.8 Å². The van der Waals surface area contributed by atoms with Crippen LogP contribution < -0.4 is 10.2 Å². The van der Waals surface area contributed by atoms with E-state index in [0.29, 0.717) is 15.1 Å². The van der Waals surface area contributed by atoms with Gasteiger partial charge in [-0.25, -0.2) is 5.32 Å². The van der Waals surface area contributed by atoms with Crippen molar-refractivity contribution < 1.29 is 0 Å². The third-order valence-corrected chi connectivity index (χ3v) is 3.59. The Kier molecular flexibility index (Phi) is 3.62. The fourth-order valence-corrected chi connectivity index (χ4v) is 2.17. The summed E-state index contributed by atoms with van der Waals surface area (Å²) in [5, 5.41) is 5.70. The lowest BCUT2D eigenvalue weighted by Gasteiger charge is -2.29. The smallest absolute Gasteiger partial charge is 0.0780 e. The van der Waals surface area contributed by atoms with Gasteiger partial charge in [-0.05, 0) is 12.1 Å². The van der Waals surface area contributed by atoms with E-state index >= 15 is 0 Å². The second kappa shape index (κ2) is 4.79. The highest BCUT2D eigenvalue weighted by molar-refractivity contribution is 6.48. The maximum atomic E-state index is 5.97. The molecule has 5 heteroatoms. The molecule has 0 N–H and O–H groups in total. The maximum Gasteiger partial charge on any atom is 0.0780 e. The lowest BCUT2D eigenvalue weighted by atomic mass is 10.2. The molecule has 0 aromatic heterocycles. The van der Waals surface area contributed by atoms with E-state index in [4.69, 9.17) is 34.8 Å². The SMILES string of the molecule is Clc1cc(N2CC[N]CC2)cc(Cl)c1Cl. The molecule has 1 fully saturated rings. The molecule has 81 valence electrons. The van der Waals surface area contributed by atoms with Crippen molar-refractivity contribution in [1.82, 2.24) is 5.32 Å². The van der Waals surface area contributed by atoms with Gasteiger partial charge in [0.05, 0.1) is 15.1 Å². The van der Waals surface area contributed by atoms with Crippen molar-refractivity contribution in [2.45, 2.75) is 0 Å². The van der Waals surface area contributed by atoms with Crippen molar-refractivity contribution in [1.29, 1.82) is 0 Å². The standard InChI is InChI=1S/C10H10Cl3N2/c11-8-5-7(6-9(12)10(8)13)15-3-1-14-2-4-15/h5-6H,1-4H2. The number of hydrogen-bond acceptors (Lipinski definition) is 1. The number of hydrogen-bond donors (Lipinski definition) is 0. The quantitative estimate of drug-likeness (QED) is 0.713. The van der Waals surface area contributed by atoms with Gasteiger partial charge in [0.1, 0.15) is 0 Å². The van der Waals surface area contributed by atoms with E-state index in [1.54, 1.807) is 0 Å². The minimum Gasteiger partial charge on any atom is -0.369 e. The molecule has 1 heterocycles. The Morgan fingerprint density at radius 2 is 1.53 bits per heavy atom. The monoisotopic (exact) mass is 263 g/mol. The Morgan fingerprint density at radius 1 is 1.00 bits per heavy atom. The highest BCUT2D eigenvalue weighted by Gasteiger charge is 2.14. The molecule has 1 aliphatic heterocycles. The van der Waals surface area contributed by atoms with Gasteiger partial charge in [0.25, 0.3) is 0 Å². The van der Waals surface area contributed by atoms with Crippen LogP contribution in [0.25, 0.3) is 0 Å². The van der Waals surface area contributed by atoms with Crippen molar-refractivity contribution in [3.05, 3.63) is 27.2 Å². The molecule has 1 radical (unpaired) electrons. The minimum absolute atomic E-state index is 0.420. The van der Waals surface area contributed by atoms with Crippen LogP contribution in [0.3, 0.4) is 0 Å². The van der Waals surface area contributed by atoms with Crippen molar-refractivity contribution in [2.24, 2.45) is 0 Å². The molecule has 0 bridgehead atoms. The van der Waals surface area contributed by atoms with Gasteiger partial charge in [0.15, 0.2) is 0 Å². The van der Waals surface area contributed by atoms with Gasteiger partial charge >= 0.3 is 0 Å². The van der Waals surface area contributed by atoms with Crippen molar-refractivity contribution in [2.75, 3.05) is 31.1 Å². The number of nitrogens with zero attached hydrogens (tertiary/aromatic N) is 2. The number of piperazine rings is 1. The summed E-state index contributed by atoms with van der Waals surface area (Å²) >= 11 is 17.8. The molecule has 1 aromatic rings. The third-order valence-electron chi connectivity index (χ3n) is 2.39. The van der Waals surface area contributed by atoms with E-state index in [0.717, 1.165) is 31.9 Å². The van der Waals surface area contributed by atoms with Gasteiger partial charge in [-0.15, -0.1) is 0 Å². The van der Waals surface area contributed by atoms with E-state index < -0.39 is 0 Å². The molecule has 1 aliphatic rings. The number of rotatable bonds is 1. The highest BCUT2D eigenvalue weighted by Crippen LogP contribution is 2.34. The summed E-state index contributed by atoms with van der Waals surface area (Å²) in [4.78, 5) is 2.21. The topological polar surface area (TPSA) is 17.3 Å². The molecule has 0 saturated carbocycles. The number of anilines is 1. The van der Waals surface area contributed by atoms with Crippen LogP contribution in [0.2, 0.25) is 15.1 Å². The average molecular weight is 265 g/mol. The Hall–Kier alpha value is -0.150. The zero-order chi connectivity index (χ0) is 10.8. The summed E-state index contributed by atoms with van der Waals surface area (Å²) in [7, 11) is 0. The van der Waals surface area contributed by atoms with Crippen molar-refractivity contribution in [3.8, 4) is 0 Å². The van der Waals surface area contributed by atoms with Crippen LogP contribution in [0.1, 0.15) is 0 Å². The van der Waals surface area contributed by atoms with Gasteiger partial charge < -0.3 is 4.90 Å². The summed E-state index contributed by atoms with van der Waals surface area (Å²) in [5.74, 6) is 0. The van der Waals surface area contributed by atoms with Gasteiger partial charge in [0, 0.05) is 31.9 Å². The first-order valence-electron chi connectivity index (χ1n) is 4.71. The zero-order valence-electron chi connectivity index (χ0n) is 8.01. The van der Waals surface area contributed by atoms with E-state index in [1.165, 1.54) is 0 Å². The Balaban J connectivity index is 2.27. The number of halogens is 3. The molecular formula is C10H10Cl3N2. The summed E-state index contributed by atoms with van der Waals surface area (Å²) in [5.41, 5.74) is 1.02. The molecule has 0 amide bonds. The van der Waals surface area contributed by atoms with Crippen LogP contribution in [0.4, 0.5) is 5.69 Å². The van der Waals surface area contributed by atoms with Gasteiger partial charge in [-0.2, -0.15) is 0 Å². The van der Waals surface area contributed by atoms with E-state index in [9.17, 15) is 0 Å². The zero-order valence-corrected chi connectivity index (χ0v) is 10.3. The number of benzene rings is 1. The van der Waals surface area contributed by atoms with E-state index in [2.05, 4.69) is 10.2 Å². The predicted octanol–water partition coefficient (Wildman–Crippen LogP) is 3.07. The van der Waals surface area contributed by atoms with Crippen LogP contribution in [0.15, 0.2) is 12.1 Å². The second-order valence-electron chi connectivity index (χ2n) is 3.38. The Labute approximate surface area is 104 Å². The molecular weight excluding hydrogens is 254 g/mol. The van der Waals surface area contributed by atoms with Gasteiger partial charge in [-0.3, -0.25) is 0 Å². The lowest BCUT2D eigenvalue weighted by Crippen LogP contribution is -2.40. The molecule has 0 aliphatic carbocycles. The van der Waals surface area contributed by atoms with Crippen LogP contribution in [-0.2, 0) is 0 Å². The molecule has 15 heavy (non-hydrogen) atoms. The lowest BCUT2D eigenvalue weighted by molar-refractivity contribution is 0.579. The van der Waals surface area contributed by atoms with E-state index in [-0.39, 0.29) is 0 Å². The van der Waals surface area contributed by atoms with Gasteiger partial charge in [-0.1, -0.05) is 34.8 Å². The average Bonchev–Trinajstić information content (AvgIpc) is 2.26. The Bertz CT molecular complexity index is 339. The molecule has 2 nitrogen and oxygen atoms in total. The maximum absolute atomic E-state index is 5.97. The third kappa shape index (κ3) is 2.51. The van der Waals surface area contributed by atoms with Crippen LogP contribution in [0, 0.1) is 0 Å². The fourth-order valence-electron chi connectivity index (χ4n) is 1.59. The van der Waals surface area contributed by atoms with E-state index in [1.807, 2.05) is 12.1 Å². The predicted molar refractivity (Wildman–Crippen MR) is 65.6 cm³/mol. The highest BCUT2D eigenvalue weighted by atomic mass is 35.5. The molecule has 0 atom stereocenters. The summed E-state index contributed by atoms with van der Waals surface area (Å²) in [6.07, 6.45) is 0. The van der Waals surface area contributed by atoms with Crippen LogP contribution in [0.5, 0.6) is 0 Å². The van der Waals surface area contributed by atoms with Crippen molar-refractivity contribution >= 4 is 40.5 Å². The molecule has 2 rings (SSSR count). The van der Waals surface area contributed by atoms with Crippen molar-refractivity contribution in [3.63, 3.8) is 0 Å². The molecule has 1 saturated heterocycles. The first-order chi connectivity index (χ1) is 7.18. The molecule has 0 unspecified atom stereocenters. The summed E-state index contributed by atoms with van der Waals surface area (Å²) < 4.78 is 0. The summed E-state index contributed by atoms with van der Waals surface area (Å²) in [6, 6.07) is 3.70. The summed E-state index contributed by atoms with van der Waals surface area (Å²) in [6.45, 7) is 3.54. The van der Waals surface area contributed by atoms with Crippen LogP contribution in [-0.4, -0.2) is 26.2 Å². The van der Waals surface area contributed by atoms with Gasteiger partial charge in [0.2, 0.25) is 0 Å². The second-order valence-corrected chi connectivity index (χ2v) is 4.57. The fraction of sp³-hybridized carbons (Fsp3) is 0.400.